The molecule has 0 radical (unpaired) electrons. The Morgan fingerprint density at radius 3 is 2.62 bits per heavy atom. The van der Waals surface area contributed by atoms with Gasteiger partial charge in [0.2, 0.25) is 5.91 Å². The normalized spacial score (nSPS) is 21.2. The molecule has 7 heterocycles. The first-order valence-electron chi connectivity index (χ1n) is 12.2. The first kappa shape index (κ1) is 22.3. The first-order chi connectivity index (χ1) is 16.7. The van der Waals surface area contributed by atoms with E-state index in [0.717, 1.165) is 73.8 Å². The van der Waals surface area contributed by atoms with E-state index < -0.39 is 0 Å². The second-order valence-corrected chi connectivity index (χ2v) is 9.24. The van der Waals surface area contributed by atoms with Crippen molar-refractivity contribution in [1.29, 1.82) is 0 Å². The van der Waals surface area contributed by atoms with Gasteiger partial charge >= 0.3 is 0 Å². The maximum atomic E-state index is 12.3. The van der Waals surface area contributed by atoms with Crippen LogP contribution in [0.1, 0.15) is 24.8 Å². The van der Waals surface area contributed by atoms with E-state index in [2.05, 4.69) is 67.2 Å². The van der Waals surface area contributed by atoms with Crippen molar-refractivity contribution in [2.24, 2.45) is 5.92 Å². The van der Waals surface area contributed by atoms with Crippen molar-refractivity contribution in [3.05, 3.63) is 66.5 Å². The number of hydrogen-bond donors (Lipinski definition) is 3. The molecule has 0 saturated carbocycles. The third-order valence-electron chi connectivity index (χ3n) is 6.64. The number of hydrogen-bond acceptors (Lipinski definition) is 6. The Labute approximate surface area is 201 Å². The molecule has 0 spiro atoms. The van der Waals surface area contributed by atoms with Crippen LogP contribution in [0, 0.1) is 5.92 Å². The Balaban J connectivity index is 1.35. The smallest absolute Gasteiger partial charge is 0.234 e. The lowest BCUT2D eigenvalue weighted by atomic mass is 9.90. The van der Waals surface area contributed by atoms with Gasteiger partial charge in [0, 0.05) is 36.7 Å². The van der Waals surface area contributed by atoms with Gasteiger partial charge in [-0.1, -0.05) is 12.1 Å². The van der Waals surface area contributed by atoms with Crippen LogP contribution in [0.5, 0.6) is 0 Å². The summed E-state index contributed by atoms with van der Waals surface area (Å²) in [5, 5.41) is 9.86. The van der Waals surface area contributed by atoms with Crippen molar-refractivity contribution in [2.75, 3.05) is 43.4 Å². The maximum absolute atomic E-state index is 12.3. The molecular formula is C27H32N6O. The fraction of sp³-hybridized carbons (Fsp3) is 0.370. The molecule has 0 unspecified atom stereocenters. The van der Waals surface area contributed by atoms with E-state index in [9.17, 15) is 4.79 Å². The van der Waals surface area contributed by atoms with Crippen LogP contribution in [0.2, 0.25) is 0 Å². The van der Waals surface area contributed by atoms with Gasteiger partial charge in [0.15, 0.2) is 0 Å². The molecule has 8 bridgehead atoms. The summed E-state index contributed by atoms with van der Waals surface area (Å²) in [6.45, 7) is 3.89. The van der Waals surface area contributed by atoms with Crippen molar-refractivity contribution in [3.63, 3.8) is 0 Å². The molecule has 176 valence electrons. The zero-order valence-electron chi connectivity index (χ0n) is 19.5. The lowest BCUT2D eigenvalue weighted by Crippen LogP contribution is -2.42. The molecule has 1 saturated heterocycles. The highest BCUT2D eigenvalue weighted by Crippen LogP contribution is 2.26. The van der Waals surface area contributed by atoms with E-state index in [1.54, 1.807) is 0 Å². The van der Waals surface area contributed by atoms with Gasteiger partial charge in [-0.25, -0.2) is 9.97 Å². The zero-order chi connectivity index (χ0) is 23.2. The Hall–Kier alpha value is -3.45. The number of nitrogens with one attached hydrogen (secondary N) is 3. The SMILES string of the molecule is O=C1CN2CCC(CC2)Cc2cccc(c2)Nc2cc(ccn2)-c2ccc(nc2)NCCCN1. The van der Waals surface area contributed by atoms with Crippen molar-refractivity contribution in [2.45, 2.75) is 25.7 Å². The monoisotopic (exact) mass is 456 g/mol. The van der Waals surface area contributed by atoms with Gasteiger partial charge in [0.25, 0.3) is 0 Å². The van der Waals surface area contributed by atoms with Crippen LogP contribution >= 0.6 is 0 Å². The number of pyridine rings is 2. The fourth-order valence-corrected chi connectivity index (χ4v) is 4.75. The number of benzene rings is 1. The third kappa shape index (κ3) is 5.91. The van der Waals surface area contributed by atoms with Crippen molar-refractivity contribution < 1.29 is 4.79 Å². The van der Waals surface area contributed by atoms with Crippen LogP contribution < -0.4 is 16.0 Å². The lowest BCUT2D eigenvalue weighted by molar-refractivity contribution is -0.122. The number of aromatic nitrogens is 2. The summed E-state index contributed by atoms with van der Waals surface area (Å²) in [7, 11) is 0. The van der Waals surface area contributed by atoms with Crippen molar-refractivity contribution in [1.82, 2.24) is 20.2 Å². The molecule has 1 aromatic carbocycles. The van der Waals surface area contributed by atoms with E-state index in [1.807, 2.05) is 24.5 Å². The predicted octanol–water partition coefficient (Wildman–Crippen LogP) is 4.07. The number of amides is 1. The predicted molar refractivity (Wildman–Crippen MR) is 136 cm³/mol. The number of piperidine rings is 1. The lowest BCUT2D eigenvalue weighted by Gasteiger charge is -2.31. The standard InChI is InChI=1S/C27H32N6O/c34-27-19-33-13-8-20(9-14-33)15-21-3-1-4-24(16-21)32-26-17-22(7-12-29-26)23-5-6-25(31-18-23)28-10-2-11-30-27/h1,3-7,12,16-18,20H,2,8-11,13-15,19H2,(H,28,31)(H,29,32)(H,30,34). The van der Waals surface area contributed by atoms with Crippen LogP contribution in [0.25, 0.3) is 11.1 Å². The van der Waals surface area contributed by atoms with E-state index in [4.69, 9.17) is 0 Å². The zero-order valence-corrected chi connectivity index (χ0v) is 19.5. The molecule has 5 aliphatic rings. The highest BCUT2D eigenvalue weighted by molar-refractivity contribution is 5.78. The molecule has 2 aromatic heterocycles. The van der Waals surface area contributed by atoms with E-state index in [1.165, 1.54) is 5.56 Å². The first-order valence-corrected chi connectivity index (χ1v) is 12.2. The summed E-state index contributed by atoms with van der Waals surface area (Å²) in [5.41, 5.74) is 4.50. The average molecular weight is 457 g/mol. The Bertz CT molecular complexity index is 1110. The van der Waals surface area contributed by atoms with Crippen LogP contribution in [-0.2, 0) is 11.2 Å². The minimum Gasteiger partial charge on any atom is -0.370 e. The molecule has 0 atom stereocenters. The number of rotatable bonds is 0. The topological polar surface area (TPSA) is 82.2 Å². The molecule has 7 nitrogen and oxygen atoms in total. The highest BCUT2D eigenvalue weighted by Gasteiger charge is 2.21. The molecule has 3 N–H and O–H groups in total. The molecule has 7 heteroatoms. The molecule has 0 aliphatic carbocycles. The maximum Gasteiger partial charge on any atom is 0.234 e. The van der Waals surface area contributed by atoms with E-state index >= 15 is 0 Å². The van der Waals surface area contributed by atoms with Crippen LogP contribution in [-0.4, -0.2) is 53.5 Å². The van der Waals surface area contributed by atoms with E-state index in [0.29, 0.717) is 19.0 Å². The van der Waals surface area contributed by atoms with Gasteiger partial charge in [-0.15, -0.1) is 0 Å². The van der Waals surface area contributed by atoms with Gasteiger partial charge in [0.1, 0.15) is 11.6 Å². The number of carbonyl (C=O) groups excluding carboxylic acids is 1. The Kier molecular flexibility index (Phi) is 7.00. The number of carbonyl (C=O) groups is 1. The average Bonchev–Trinajstić information content (AvgIpc) is 2.85. The molecule has 5 aliphatic heterocycles. The van der Waals surface area contributed by atoms with E-state index in [-0.39, 0.29) is 5.91 Å². The highest BCUT2D eigenvalue weighted by atomic mass is 16.2. The van der Waals surface area contributed by atoms with Gasteiger partial charge < -0.3 is 16.0 Å². The summed E-state index contributed by atoms with van der Waals surface area (Å²) in [5.74, 6) is 2.42. The summed E-state index contributed by atoms with van der Waals surface area (Å²) in [6.07, 6.45) is 7.88. The van der Waals surface area contributed by atoms with Crippen molar-refractivity contribution >= 4 is 23.2 Å². The molecule has 3 aromatic rings. The van der Waals surface area contributed by atoms with Crippen LogP contribution in [0.3, 0.4) is 0 Å². The largest absolute Gasteiger partial charge is 0.370 e. The number of nitrogens with zero attached hydrogens (tertiary/aromatic N) is 3. The third-order valence-corrected chi connectivity index (χ3v) is 6.64. The fourth-order valence-electron chi connectivity index (χ4n) is 4.75. The van der Waals surface area contributed by atoms with Gasteiger partial charge in [-0.3, -0.25) is 9.69 Å². The van der Waals surface area contributed by atoms with Crippen molar-refractivity contribution in [3.8, 4) is 11.1 Å². The second-order valence-electron chi connectivity index (χ2n) is 9.24. The molecule has 1 fully saturated rings. The molecule has 1 amide bonds. The quantitative estimate of drug-likeness (QED) is 0.473. The van der Waals surface area contributed by atoms with Gasteiger partial charge in [-0.05, 0) is 92.2 Å². The molecule has 8 rings (SSSR count). The summed E-state index contributed by atoms with van der Waals surface area (Å²) in [4.78, 5) is 23.7. The van der Waals surface area contributed by atoms with Crippen LogP contribution in [0.4, 0.5) is 17.3 Å². The minimum atomic E-state index is 0.119. The van der Waals surface area contributed by atoms with Gasteiger partial charge in [0.05, 0.1) is 6.54 Å². The minimum absolute atomic E-state index is 0.119. The molecular weight excluding hydrogens is 424 g/mol. The molecule has 34 heavy (non-hydrogen) atoms. The van der Waals surface area contributed by atoms with Gasteiger partial charge in [-0.2, -0.15) is 0 Å². The second kappa shape index (κ2) is 10.7. The summed E-state index contributed by atoms with van der Waals surface area (Å²) in [6, 6.07) is 16.7. The summed E-state index contributed by atoms with van der Waals surface area (Å²) >= 11 is 0. The Morgan fingerprint density at radius 2 is 1.76 bits per heavy atom. The van der Waals surface area contributed by atoms with Crippen LogP contribution in [0.15, 0.2) is 60.9 Å². The Morgan fingerprint density at radius 1 is 0.882 bits per heavy atom. The summed E-state index contributed by atoms with van der Waals surface area (Å²) < 4.78 is 0. The number of anilines is 3.